The standard InChI is InChI=1S/C16H21NO2/c1-2-17-16(12-6-5-9-18-10-12)14-11-19-15-8-4-3-7-13(14)15/h3-4,7-8,11-12,16-17H,2,5-6,9-10H2,1H3. The van der Waals surface area contributed by atoms with E-state index >= 15 is 0 Å². The van der Waals surface area contributed by atoms with Crippen LogP contribution in [0.15, 0.2) is 34.9 Å². The normalized spacial score (nSPS) is 21.6. The maximum Gasteiger partial charge on any atom is 0.134 e. The molecule has 0 radical (unpaired) electrons. The van der Waals surface area contributed by atoms with Crippen LogP contribution in [0.25, 0.3) is 11.0 Å². The van der Waals surface area contributed by atoms with Crippen LogP contribution in [0, 0.1) is 5.92 Å². The third-order valence-electron chi connectivity index (χ3n) is 3.94. The molecule has 1 aliphatic rings. The van der Waals surface area contributed by atoms with Gasteiger partial charge in [0.1, 0.15) is 5.58 Å². The van der Waals surface area contributed by atoms with Crippen molar-refractivity contribution in [1.29, 1.82) is 0 Å². The van der Waals surface area contributed by atoms with Gasteiger partial charge in [-0.2, -0.15) is 0 Å². The molecule has 102 valence electrons. The summed E-state index contributed by atoms with van der Waals surface area (Å²) in [6.07, 6.45) is 4.28. The van der Waals surface area contributed by atoms with E-state index in [0.717, 1.165) is 31.8 Å². The lowest BCUT2D eigenvalue weighted by Gasteiger charge is -2.30. The zero-order valence-electron chi connectivity index (χ0n) is 11.4. The third kappa shape index (κ3) is 2.53. The molecule has 0 bridgehead atoms. The number of fused-ring (bicyclic) bond motifs is 1. The summed E-state index contributed by atoms with van der Waals surface area (Å²) in [5, 5.41) is 4.83. The molecule has 0 amide bonds. The van der Waals surface area contributed by atoms with E-state index in [9.17, 15) is 0 Å². The van der Waals surface area contributed by atoms with E-state index in [4.69, 9.17) is 9.15 Å². The fourth-order valence-corrected chi connectivity index (χ4v) is 3.02. The summed E-state index contributed by atoms with van der Waals surface area (Å²) in [7, 11) is 0. The quantitative estimate of drug-likeness (QED) is 0.912. The molecule has 19 heavy (non-hydrogen) atoms. The van der Waals surface area contributed by atoms with E-state index in [1.807, 2.05) is 18.4 Å². The lowest BCUT2D eigenvalue weighted by molar-refractivity contribution is 0.0394. The highest BCUT2D eigenvalue weighted by Gasteiger charge is 2.27. The first-order valence-corrected chi connectivity index (χ1v) is 7.17. The van der Waals surface area contributed by atoms with Gasteiger partial charge in [0.05, 0.1) is 12.9 Å². The van der Waals surface area contributed by atoms with Gasteiger partial charge in [-0.25, -0.2) is 0 Å². The van der Waals surface area contributed by atoms with Crippen molar-refractivity contribution in [2.24, 2.45) is 5.92 Å². The minimum atomic E-state index is 0.328. The first-order chi connectivity index (χ1) is 9.40. The molecule has 1 saturated heterocycles. The molecule has 0 spiro atoms. The maximum atomic E-state index is 5.69. The summed E-state index contributed by atoms with van der Waals surface area (Å²) in [4.78, 5) is 0. The van der Waals surface area contributed by atoms with E-state index in [2.05, 4.69) is 24.4 Å². The summed E-state index contributed by atoms with van der Waals surface area (Å²) in [6.45, 7) is 4.86. The molecule has 2 aromatic rings. The Balaban J connectivity index is 1.94. The Kier molecular flexibility index (Phi) is 3.85. The van der Waals surface area contributed by atoms with Gasteiger partial charge in [0.25, 0.3) is 0 Å². The van der Waals surface area contributed by atoms with Crippen LogP contribution in [-0.2, 0) is 4.74 Å². The Hall–Kier alpha value is -1.32. The highest BCUT2D eigenvalue weighted by Crippen LogP contribution is 2.34. The van der Waals surface area contributed by atoms with Gasteiger partial charge in [-0.3, -0.25) is 0 Å². The first kappa shape index (κ1) is 12.7. The SMILES string of the molecule is CCNC(c1coc2ccccc12)C1CCCOC1. The van der Waals surface area contributed by atoms with E-state index in [-0.39, 0.29) is 0 Å². The van der Waals surface area contributed by atoms with Crippen molar-refractivity contribution < 1.29 is 9.15 Å². The zero-order valence-corrected chi connectivity index (χ0v) is 11.4. The Morgan fingerprint density at radius 3 is 3.05 bits per heavy atom. The second kappa shape index (κ2) is 5.76. The molecule has 0 saturated carbocycles. The molecule has 1 aliphatic heterocycles. The highest BCUT2D eigenvalue weighted by atomic mass is 16.5. The van der Waals surface area contributed by atoms with Crippen LogP contribution in [0.3, 0.4) is 0 Å². The number of furan rings is 1. The van der Waals surface area contributed by atoms with Crippen LogP contribution in [0.1, 0.15) is 31.4 Å². The predicted octanol–water partition coefficient (Wildman–Crippen LogP) is 3.51. The Bertz CT molecular complexity index is 528. The first-order valence-electron chi connectivity index (χ1n) is 7.17. The number of benzene rings is 1. The Labute approximate surface area is 113 Å². The molecule has 0 aliphatic carbocycles. The van der Waals surface area contributed by atoms with Gasteiger partial charge >= 0.3 is 0 Å². The van der Waals surface area contributed by atoms with Crippen molar-refractivity contribution in [2.75, 3.05) is 19.8 Å². The molecule has 3 heteroatoms. The van der Waals surface area contributed by atoms with Crippen molar-refractivity contribution in [3.05, 3.63) is 36.1 Å². The van der Waals surface area contributed by atoms with Crippen molar-refractivity contribution in [2.45, 2.75) is 25.8 Å². The van der Waals surface area contributed by atoms with E-state index < -0.39 is 0 Å². The smallest absolute Gasteiger partial charge is 0.134 e. The van der Waals surface area contributed by atoms with Crippen LogP contribution in [0.4, 0.5) is 0 Å². The summed E-state index contributed by atoms with van der Waals surface area (Å²) < 4.78 is 11.3. The molecule has 1 N–H and O–H groups in total. The molecule has 2 heterocycles. The molecule has 1 aromatic heterocycles. The van der Waals surface area contributed by atoms with Crippen molar-refractivity contribution in [1.82, 2.24) is 5.32 Å². The second-order valence-electron chi connectivity index (χ2n) is 5.20. The third-order valence-corrected chi connectivity index (χ3v) is 3.94. The topological polar surface area (TPSA) is 34.4 Å². The summed E-state index contributed by atoms with van der Waals surface area (Å²) in [5.41, 5.74) is 2.24. The van der Waals surface area contributed by atoms with Crippen molar-refractivity contribution in [3.8, 4) is 0 Å². The molecule has 2 unspecified atom stereocenters. The summed E-state index contributed by atoms with van der Waals surface area (Å²) in [5.74, 6) is 0.537. The monoisotopic (exact) mass is 259 g/mol. The van der Waals surface area contributed by atoms with Gasteiger partial charge in [-0.15, -0.1) is 0 Å². The lowest BCUT2D eigenvalue weighted by Crippen LogP contribution is -2.33. The van der Waals surface area contributed by atoms with E-state index in [1.165, 1.54) is 17.4 Å². The van der Waals surface area contributed by atoms with Crippen LogP contribution in [-0.4, -0.2) is 19.8 Å². The van der Waals surface area contributed by atoms with Crippen molar-refractivity contribution >= 4 is 11.0 Å². The number of para-hydroxylation sites is 1. The molecule has 2 atom stereocenters. The largest absolute Gasteiger partial charge is 0.464 e. The van der Waals surface area contributed by atoms with Gasteiger partial charge < -0.3 is 14.5 Å². The van der Waals surface area contributed by atoms with Crippen LogP contribution in [0.2, 0.25) is 0 Å². The van der Waals surface area contributed by atoms with Gasteiger partial charge in [-0.1, -0.05) is 25.1 Å². The number of hydrogen-bond acceptors (Lipinski definition) is 3. The van der Waals surface area contributed by atoms with Gasteiger partial charge in [0, 0.05) is 29.5 Å². The molecule has 1 fully saturated rings. The summed E-state index contributed by atoms with van der Waals surface area (Å²) >= 11 is 0. The van der Waals surface area contributed by atoms with Crippen LogP contribution in [0.5, 0.6) is 0 Å². The molecule has 3 rings (SSSR count). The van der Waals surface area contributed by atoms with Crippen molar-refractivity contribution in [3.63, 3.8) is 0 Å². The Morgan fingerprint density at radius 1 is 1.37 bits per heavy atom. The fourth-order valence-electron chi connectivity index (χ4n) is 3.02. The van der Waals surface area contributed by atoms with Gasteiger partial charge in [-0.05, 0) is 25.5 Å². The minimum absolute atomic E-state index is 0.328. The Morgan fingerprint density at radius 2 is 2.26 bits per heavy atom. The highest BCUT2D eigenvalue weighted by molar-refractivity contribution is 5.81. The molecule has 3 nitrogen and oxygen atoms in total. The number of nitrogens with one attached hydrogen (secondary N) is 1. The average Bonchev–Trinajstić information content (AvgIpc) is 2.89. The van der Waals surface area contributed by atoms with Crippen LogP contribution < -0.4 is 5.32 Å². The predicted molar refractivity (Wildman–Crippen MR) is 76.2 cm³/mol. The lowest BCUT2D eigenvalue weighted by atomic mass is 9.88. The van der Waals surface area contributed by atoms with E-state index in [0.29, 0.717) is 12.0 Å². The number of rotatable bonds is 4. The molecular weight excluding hydrogens is 238 g/mol. The zero-order chi connectivity index (χ0) is 13.1. The fraction of sp³-hybridized carbons (Fsp3) is 0.500. The maximum absolute atomic E-state index is 5.69. The summed E-state index contributed by atoms with van der Waals surface area (Å²) in [6, 6.07) is 8.58. The molecule has 1 aromatic carbocycles. The number of hydrogen-bond donors (Lipinski definition) is 1. The minimum Gasteiger partial charge on any atom is -0.464 e. The van der Waals surface area contributed by atoms with Gasteiger partial charge in [0.15, 0.2) is 0 Å². The van der Waals surface area contributed by atoms with Crippen LogP contribution >= 0.6 is 0 Å². The average molecular weight is 259 g/mol. The number of ether oxygens (including phenoxy) is 1. The molecular formula is C16H21NO2. The van der Waals surface area contributed by atoms with E-state index in [1.54, 1.807) is 0 Å². The van der Waals surface area contributed by atoms with Gasteiger partial charge in [0.2, 0.25) is 0 Å². The second-order valence-corrected chi connectivity index (χ2v) is 5.20.